The lowest BCUT2D eigenvalue weighted by molar-refractivity contribution is 0.869. The van der Waals surface area contributed by atoms with E-state index in [1.54, 1.807) is 0 Å². The van der Waals surface area contributed by atoms with E-state index < -0.39 is 0 Å². The van der Waals surface area contributed by atoms with E-state index in [2.05, 4.69) is 10.6 Å². The number of hydrogen-bond donors (Lipinski definition) is 3. The zero-order valence-electron chi connectivity index (χ0n) is 8.93. The van der Waals surface area contributed by atoms with E-state index in [4.69, 9.17) is 5.73 Å². The Labute approximate surface area is 95.3 Å². The van der Waals surface area contributed by atoms with E-state index in [9.17, 15) is 0 Å². The lowest BCUT2D eigenvalue weighted by atomic mass is 10.3. The number of hydrogen-bond acceptors (Lipinski definition) is 3. The van der Waals surface area contributed by atoms with E-state index in [0.717, 1.165) is 11.4 Å². The van der Waals surface area contributed by atoms with Crippen molar-refractivity contribution in [1.29, 1.82) is 0 Å². The first-order chi connectivity index (χ1) is 7.84. The van der Waals surface area contributed by atoms with Crippen LogP contribution in [0.25, 0.3) is 0 Å². The molecule has 2 aromatic rings. The van der Waals surface area contributed by atoms with E-state index in [1.165, 1.54) is 0 Å². The van der Waals surface area contributed by atoms with Gasteiger partial charge in [-0.3, -0.25) is 5.73 Å². The molecular weight excluding hydrogens is 198 g/mol. The highest BCUT2D eigenvalue weighted by Gasteiger charge is 2.00. The molecule has 3 heteroatoms. The molecule has 2 aromatic carbocycles. The van der Waals surface area contributed by atoms with Crippen LogP contribution in [0.2, 0.25) is 0 Å². The Morgan fingerprint density at radius 1 is 0.688 bits per heavy atom. The summed E-state index contributed by atoms with van der Waals surface area (Å²) >= 11 is 0. The molecule has 0 saturated carbocycles. The van der Waals surface area contributed by atoms with Gasteiger partial charge in [-0.15, -0.1) is 0 Å². The van der Waals surface area contributed by atoms with Gasteiger partial charge in [0.15, 0.2) is 0 Å². The Bertz CT molecular complexity index is 372. The Morgan fingerprint density at radius 3 is 1.44 bits per heavy atom. The van der Waals surface area contributed by atoms with Crippen LogP contribution in [0.4, 0.5) is 11.4 Å². The lowest BCUT2D eigenvalue weighted by Gasteiger charge is -2.17. The predicted octanol–water partition coefficient (Wildman–Crippen LogP) is 2.45. The van der Waals surface area contributed by atoms with Crippen LogP contribution in [0.1, 0.15) is 0 Å². The summed E-state index contributed by atoms with van der Waals surface area (Å²) in [6.07, 6.45) is -0.301. The van der Waals surface area contributed by atoms with E-state index in [-0.39, 0.29) is 6.29 Å². The van der Waals surface area contributed by atoms with E-state index >= 15 is 0 Å². The van der Waals surface area contributed by atoms with Crippen molar-refractivity contribution in [3.8, 4) is 0 Å². The minimum atomic E-state index is -0.301. The fourth-order valence-electron chi connectivity index (χ4n) is 1.46. The average molecular weight is 213 g/mol. The number of benzene rings is 2. The molecule has 0 unspecified atom stereocenters. The van der Waals surface area contributed by atoms with Crippen LogP contribution in [-0.4, -0.2) is 6.29 Å². The highest BCUT2D eigenvalue weighted by molar-refractivity contribution is 5.48. The second kappa shape index (κ2) is 5.19. The van der Waals surface area contributed by atoms with Crippen LogP contribution in [0.5, 0.6) is 0 Å². The molecule has 0 spiro atoms. The summed E-state index contributed by atoms with van der Waals surface area (Å²) in [6.45, 7) is 0. The number of anilines is 2. The van der Waals surface area contributed by atoms with Gasteiger partial charge in [0.05, 0.1) is 0 Å². The second-order valence-electron chi connectivity index (χ2n) is 3.50. The summed E-state index contributed by atoms with van der Waals surface area (Å²) in [7, 11) is 0. The molecule has 0 atom stereocenters. The van der Waals surface area contributed by atoms with Gasteiger partial charge in [0, 0.05) is 11.4 Å². The summed E-state index contributed by atoms with van der Waals surface area (Å²) < 4.78 is 0. The third-order valence-electron chi connectivity index (χ3n) is 2.19. The van der Waals surface area contributed by atoms with Crippen LogP contribution in [0, 0.1) is 0 Å². The average Bonchev–Trinajstić information content (AvgIpc) is 2.31. The standard InChI is InChI=1S/C13H15N3/c14-13(15-11-7-3-1-4-8-11)16-12-9-5-2-6-10-12/h1-10,13,15-16H,14H2. The molecule has 0 aliphatic heterocycles. The van der Waals surface area contributed by atoms with Crippen LogP contribution in [0.3, 0.4) is 0 Å². The van der Waals surface area contributed by atoms with Gasteiger partial charge in [0.1, 0.15) is 6.29 Å². The number of rotatable bonds is 4. The number of para-hydroxylation sites is 2. The molecule has 3 nitrogen and oxygen atoms in total. The Morgan fingerprint density at radius 2 is 1.06 bits per heavy atom. The van der Waals surface area contributed by atoms with Gasteiger partial charge in [0.25, 0.3) is 0 Å². The zero-order valence-corrected chi connectivity index (χ0v) is 8.93. The van der Waals surface area contributed by atoms with Gasteiger partial charge in [0.2, 0.25) is 0 Å². The van der Waals surface area contributed by atoms with Crippen molar-refractivity contribution in [2.45, 2.75) is 6.29 Å². The maximum atomic E-state index is 5.92. The molecule has 0 heterocycles. The third-order valence-corrected chi connectivity index (χ3v) is 2.19. The largest absolute Gasteiger partial charge is 0.353 e. The molecule has 0 amide bonds. The maximum absolute atomic E-state index is 5.92. The summed E-state index contributed by atoms with van der Waals surface area (Å²) in [5.74, 6) is 0. The van der Waals surface area contributed by atoms with Gasteiger partial charge < -0.3 is 10.6 Å². The van der Waals surface area contributed by atoms with Crippen LogP contribution in [-0.2, 0) is 0 Å². The summed E-state index contributed by atoms with van der Waals surface area (Å²) in [5.41, 5.74) is 7.91. The predicted molar refractivity (Wildman–Crippen MR) is 68.1 cm³/mol. The topological polar surface area (TPSA) is 50.1 Å². The molecule has 0 fully saturated rings. The van der Waals surface area contributed by atoms with E-state index in [1.807, 2.05) is 60.7 Å². The normalized spacial score (nSPS) is 10.1. The lowest BCUT2D eigenvalue weighted by Crippen LogP contribution is -2.37. The minimum Gasteiger partial charge on any atom is -0.353 e. The fourth-order valence-corrected chi connectivity index (χ4v) is 1.46. The van der Waals surface area contributed by atoms with Crippen LogP contribution < -0.4 is 16.4 Å². The van der Waals surface area contributed by atoms with E-state index in [0.29, 0.717) is 0 Å². The first-order valence-corrected chi connectivity index (χ1v) is 5.23. The van der Waals surface area contributed by atoms with Crippen molar-refractivity contribution in [2.75, 3.05) is 10.6 Å². The van der Waals surface area contributed by atoms with Crippen molar-refractivity contribution in [2.24, 2.45) is 5.73 Å². The van der Waals surface area contributed by atoms with Gasteiger partial charge in [-0.1, -0.05) is 36.4 Å². The molecule has 82 valence electrons. The van der Waals surface area contributed by atoms with Crippen LogP contribution >= 0.6 is 0 Å². The summed E-state index contributed by atoms with van der Waals surface area (Å²) in [5, 5.41) is 6.31. The fraction of sp³-hybridized carbons (Fsp3) is 0.0769. The van der Waals surface area contributed by atoms with Gasteiger partial charge in [-0.25, -0.2) is 0 Å². The SMILES string of the molecule is NC(Nc1ccccc1)Nc1ccccc1. The highest BCUT2D eigenvalue weighted by Crippen LogP contribution is 2.08. The van der Waals surface area contributed by atoms with Gasteiger partial charge >= 0.3 is 0 Å². The maximum Gasteiger partial charge on any atom is 0.150 e. The number of nitrogens with one attached hydrogen (secondary N) is 2. The minimum absolute atomic E-state index is 0.301. The molecule has 2 rings (SSSR count). The first-order valence-electron chi connectivity index (χ1n) is 5.23. The Kier molecular flexibility index (Phi) is 3.41. The molecular formula is C13H15N3. The second-order valence-corrected chi connectivity index (χ2v) is 3.50. The number of nitrogens with two attached hydrogens (primary N) is 1. The summed E-state index contributed by atoms with van der Waals surface area (Å²) in [6, 6.07) is 19.7. The monoisotopic (exact) mass is 213 g/mol. The molecule has 16 heavy (non-hydrogen) atoms. The quantitative estimate of drug-likeness (QED) is 0.684. The molecule has 0 saturated heterocycles. The zero-order chi connectivity index (χ0) is 11.2. The molecule has 0 aliphatic rings. The smallest absolute Gasteiger partial charge is 0.150 e. The van der Waals surface area contributed by atoms with Crippen molar-refractivity contribution in [3.05, 3.63) is 60.7 Å². The molecule has 0 aromatic heterocycles. The van der Waals surface area contributed by atoms with Crippen molar-refractivity contribution in [3.63, 3.8) is 0 Å². The molecule has 0 aliphatic carbocycles. The van der Waals surface area contributed by atoms with Crippen molar-refractivity contribution in [1.82, 2.24) is 0 Å². The Hall–Kier alpha value is -2.00. The Balaban J connectivity index is 1.92. The van der Waals surface area contributed by atoms with Crippen molar-refractivity contribution < 1.29 is 0 Å². The van der Waals surface area contributed by atoms with Gasteiger partial charge in [-0.05, 0) is 24.3 Å². The first kappa shape index (κ1) is 10.5. The molecule has 0 radical (unpaired) electrons. The molecule has 4 N–H and O–H groups in total. The van der Waals surface area contributed by atoms with Crippen LogP contribution in [0.15, 0.2) is 60.7 Å². The van der Waals surface area contributed by atoms with Crippen molar-refractivity contribution >= 4 is 11.4 Å². The summed E-state index contributed by atoms with van der Waals surface area (Å²) in [4.78, 5) is 0. The molecule has 0 bridgehead atoms. The van der Waals surface area contributed by atoms with Gasteiger partial charge in [-0.2, -0.15) is 0 Å². The highest BCUT2D eigenvalue weighted by atomic mass is 15.2. The third kappa shape index (κ3) is 3.00.